The Morgan fingerprint density at radius 2 is 1.67 bits per heavy atom. The smallest absolute Gasteiger partial charge is 0.343 e. The fraction of sp³-hybridized carbons (Fsp3) is 0.857. The summed E-state index contributed by atoms with van der Waals surface area (Å²) in [6.45, 7) is 3.33. The number of esters is 1. The van der Waals surface area contributed by atoms with E-state index in [1.807, 2.05) is 0 Å². The minimum atomic E-state index is -0.971. The van der Waals surface area contributed by atoms with Gasteiger partial charge in [0.25, 0.3) is 0 Å². The largest absolute Gasteiger partial charge is 0.468 e. The number of amides is 4. The lowest BCUT2D eigenvalue weighted by Crippen LogP contribution is -2.61. The molecule has 0 radical (unpaired) electrons. The third-order valence-corrected chi connectivity index (χ3v) is 6.90. The molecule has 3 aliphatic rings. The molecule has 30 heavy (non-hydrogen) atoms. The molecule has 2 aliphatic carbocycles. The number of carbonyl (C=O) groups is 3. The van der Waals surface area contributed by atoms with Gasteiger partial charge in [-0.05, 0) is 39.5 Å². The average molecular weight is 425 g/mol. The van der Waals surface area contributed by atoms with Gasteiger partial charge < -0.3 is 15.0 Å². The van der Waals surface area contributed by atoms with Crippen LogP contribution in [0.15, 0.2) is 0 Å². The number of nitrogens with zero attached hydrogens (tertiary/aromatic N) is 3. The first-order valence-corrected chi connectivity index (χ1v) is 11.2. The summed E-state index contributed by atoms with van der Waals surface area (Å²) < 4.78 is 4.77. The van der Waals surface area contributed by atoms with Gasteiger partial charge in [0, 0.05) is 12.1 Å². The van der Waals surface area contributed by atoms with Crippen molar-refractivity contribution in [2.75, 3.05) is 13.7 Å². The summed E-state index contributed by atoms with van der Waals surface area (Å²) in [5, 5.41) is 14.6. The van der Waals surface area contributed by atoms with E-state index in [2.05, 4.69) is 5.32 Å². The molecule has 2 saturated carbocycles. The first kappa shape index (κ1) is 22.7. The maximum absolute atomic E-state index is 13.4. The lowest BCUT2D eigenvalue weighted by molar-refractivity contribution is -0.148. The quantitative estimate of drug-likeness (QED) is 0.401. The molecule has 0 aromatic heterocycles. The molecule has 0 bridgehead atoms. The highest BCUT2D eigenvalue weighted by Gasteiger charge is 2.57. The highest BCUT2D eigenvalue weighted by molar-refractivity contribution is 5.85. The third-order valence-electron chi connectivity index (χ3n) is 6.90. The SMILES string of the molecule is COC(=O)CN1C(=O)N(C2CCCCC2)[C@H](N(O)C(=O)NC2CCCCC2)C1(C)C. The summed E-state index contributed by atoms with van der Waals surface area (Å²) in [5.41, 5.74) is -0.971. The number of hydrogen-bond acceptors (Lipinski definition) is 5. The van der Waals surface area contributed by atoms with E-state index >= 15 is 0 Å². The van der Waals surface area contributed by atoms with Gasteiger partial charge in [-0.1, -0.05) is 38.5 Å². The van der Waals surface area contributed by atoms with Crippen LogP contribution in [0.1, 0.15) is 78.1 Å². The molecule has 0 aromatic rings. The Kier molecular flexibility index (Phi) is 7.10. The Balaban J connectivity index is 1.84. The van der Waals surface area contributed by atoms with Crippen molar-refractivity contribution in [2.24, 2.45) is 0 Å². The van der Waals surface area contributed by atoms with Crippen molar-refractivity contribution in [3.63, 3.8) is 0 Å². The topological polar surface area (TPSA) is 102 Å². The Morgan fingerprint density at radius 3 is 2.23 bits per heavy atom. The van der Waals surface area contributed by atoms with Gasteiger partial charge in [-0.2, -0.15) is 5.06 Å². The van der Waals surface area contributed by atoms with Crippen LogP contribution in [-0.4, -0.2) is 75.5 Å². The van der Waals surface area contributed by atoms with Gasteiger partial charge in [-0.15, -0.1) is 0 Å². The fourth-order valence-corrected chi connectivity index (χ4v) is 5.17. The van der Waals surface area contributed by atoms with Crippen LogP contribution in [0.25, 0.3) is 0 Å². The van der Waals surface area contributed by atoms with E-state index in [4.69, 9.17) is 4.74 Å². The van der Waals surface area contributed by atoms with Gasteiger partial charge in [-0.25, -0.2) is 9.59 Å². The fourth-order valence-electron chi connectivity index (χ4n) is 5.17. The summed E-state index contributed by atoms with van der Waals surface area (Å²) in [6, 6.07) is -0.967. The maximum Gasteiger partial charge on any atom is 0.343 e. The van der Waals surface area contributed by atoms with Gasteiger partial charge >= 0.3 is 18.0 Å². The van der Waals surface area contributed by atoms with Crippen molar-refractivity contribution >= 4 is 18.0 Å². The molecule has 170 valence electrons. The molecule has 1 heterocycles. The van der Waals surface area contributed by atoms with Crippen LogP contribution < -0.4 is 5.32 Å². The summed E-state index contributed by atoms with van der Waals surface area (Å²) in [7, 11) is 1.28. The Labute approximate surface area is 178 Å². The minimum Gasteiger partial charge on any atom is -0.468 e. The monoisotopic (exact) mass is 424 g/mol. The molecule has 0 spiro atoms. The Hall–Kier alpha value is -2.03. The van der Waals surface area contributed by atoms with E-state index in [9.17, 15) is 19.6 Å². The lowest BCUT2D eigenvalue weighted by Gasteiger charge is -2.41. The molecule has 1 saturated heterocycles. The highest BCUT2D eigenvalue weighted by atomic mass is 16.5. The zero-order valence-electron chi connectivity index (χ0n) is 18.4. The number of methoxy groups -OCH3 is 1. The first-order valence-electron chi connectivity index (χ1n) is 11.2. The minimum absolute atomic E-state index is 0.0374. The van der Waals surface area contributed by atoms with E-state index in [0.717, 1.165) is 64.2 Å². The van der Waals surface area contributed by atoms with Crippen LogP contribution in [0.5, 0.6) is 0 Å². The summed E-state index contributed by atoms with van der Waals surface area (Å²) in [4.78, 5) is 41.3. The molecular formula is C21H36N4O5. The van der Waals surface area contributed by atoms with Crippen molar-refractivity contribution in [1.29, 1.82) is 0 Å². The van der Waals surface area contributed by atoms with E-state index < -0.39 is 23.7 Å². The molecule has 0 unspecified atom stereocenters. The number of ether oxygens (including phenoxy) is 1. The zero-order chi connectivity index (χ0) is 21.9. The van der Waals surface area contributed by atoms with Crippen LogP contribution in [0.2, 0.25) is 0 Å². The number of hydrogen-bond donors (Lipinski definition) is 2. The van der Waals surface area contributed by atoms with E-state index in [0.29, 0.717) is 5.06 Å². The van der Waals surface area contributed by atoms with Crippen molar-refractivity contribution < 1.29 is 24.3 Å². The van der Waals surface area contributed by atoms with Crippen LogP contribution >= 0.6 is 0 Å². The molecule has 4 amide bonds. The van der Waals surface area contributed by atoms with Crippen molar-refractivity contribution in [1.82, 2.24) is 20.2 Å². The van der Waals surface area contributed by atoms with Crippen molar-refractivity contribution in [3.8, 4) is 0 Å². The Morgan fingerprint density at radius 1 is 1.10 bits per heavy atom. The third kappa shape index (κ3) is 4.50. The second-order valence-corrected chi connectivity index (χ2v) is 9.30. The molecular weight excluding hydrogens is 388 g/mol. The van der Waals surface area contributed by atoms with Gasteiger partial charge in [0.2, 0.25) is 0 Å². The molecule has 1 aliphatic heterocycles. The van der Waals surface area contributed by atoms with Crippen molar-refractivity contribution in [3.05, 3.63) is 0 Å². The second-order valence-electron chi connectivity index (χ2n) is 9.30. The summed E-state index contributed by atoms with van der Waals surface area (Å²) in [6.07, 6.45) is 8.94. The van der Waals surface area contributed by atoms with Crippen molar-refractivity contribution in [2.45, 2.75) is 102 Å². The highest BCUT2D eigenvalue weighted by Crippen LogP contribution is 2.39. The standard InChI is InChI=1S/C21H36N4O5/c1-21(2)18(25(29)19(27)22-15-10-6-4-7-11-15)24(16-12-8-5-9-13-16)20(28)23(21)14-17(26)30-3/h15-16,18,29H,4-14H2,1-3H3,(H,22,27)/t18-/m1/s1. The van der Waals surface area contributed by atoms with E-state index in [1.54, 1.807) is 18.7 Å². The van der Waals surface area contributed by atoms with Gasteiger partial charge in [-0.3, -0.25) is 14.9 Å². The molecule has 9 heteroatoms. The maximum atomic E-state index is 13.4. The predicted molar refractivity (Wildman–Crippen MR) is 110 cm³/mol. The van der Waals surface area contributed by atoms with Crippen LogP contribution in [0.4, 0.5) is 9.59 Å². The van der Waals surface area contributed by atoms with E-state index in [-0.39, 0.29) is 24.7 Å². The number of hydroxylamine groups is 2. The molecule has 9 nitrogen and oxygen atoms in total. The lowest BCUT2D eigenvalue weighted by atomic mass is 9.92. The number of nitrogens with one attached hydrogen (secondary N) is 1. The van der Waals surface area contributed by atoms with Crippen LogP contribution in [0.3, 0.4) is 0 Å². The van der Waals surface area contributed by atoms with Gasteiger partial charge in [0.1, 0.15) is 6.54 Å². The number of urea groups is 2. The zero-order valence-corrected chi connectivity index (χ0v) is 18.4. The first-order chi connectivity index (χ1) is 14.3. The Bertz CT molecular complexity index is 643. The van der Waals surface area contributed by atoms with E-state index in [1.165, 1.54) is 12.0 Å². The molecule has 0 aromatic carbocycles. The summed E-state index contributed by atoms with van der Waals surface area (Å²) in [5.74, 6) is -0.531. The number of rotatable bonds is 5. The normalized spacial score (nSPS) is 25.3. The number of carbonyl (C=O) groups excluding carboxylic acids is 3. The van der Waals surface area contributed by atoms with Gasteiger partial charge in [0.15, 0.2) is 6.17 Å². The average Bonchev–Trinajstić information content (AvgIpc) is 2.94. The van der Waals surface area contributed by atoms with Crippen LogP contribution in [-0.2, 0) is 9.53 Å². The van der Waals surface area contributed by atoms with Gasteiger partial charge in [0.05, 0.1) is 12.6 Å². The molecule has 3 rings (SSSR count). The summed E-state index contributed by atoms with van der Waals surface area (Å²) >= 11 is 0. The van der Waals surface area contributed by atoms with Crippen LogP contribution in [0, 0.1) is 0 Å². The molecule has 1 atom stereocenters. The molecule has 3 fully saturated rings. The molecule has 2 N–H and O–H groups in total. The second kappa shape index (κ2) is 9.41. The predicted octanol–water partition coefficient (Wildman–Crippen LogP) is 3.07.